The van der Waals surface area contributed by atoms with Crippen molar-refractivity contribution in [3.63, 3.8) is 0 Å². The number of ether oxygens (including phenoxy) is 2. The molecule has 6 heteroatoms. The van der Waals surface area contributed by atoms with Crippen LogP contribution in [0.15, 0.2) is 47.5 Å². The molecule has 0 saturated carbocycles. The van der Waals surface area contributed by atoms with E-state index in [0.29, 0.717) is 21.9 Å². The van der Waals surface area contributed by atoms with Crippen LogP contribution in [0.2, 0.25) is 0 Å². The molecule has 0 aliphatic rings. The average molecular weight is 397 g/mol. The van der Waals surface area contributed by atoms with Gasteiger partial charge in [0.25, 0.3) is 5.91 Å². The van der Waals surface area contributed by atoms with Crippen LogP contribution in [0.25, 0.3) is 11.3 Å². The Morgan fingerprint density at radius 1 is 1.04 bits per heavy atom. The molecule has 1 heterocycles. The van der Waals surface area contributed by atoms with E-state index >= 15 is 0 Å². The Labute approximate surface area is 168 Å². The van der Waals surface area contributed by atoms with Crippen LogP contribution < -0.4 is 14.3 Å². The summed E-state index contributed by atoms with van der Waals surface area (Å²) in [5.41, 5.74) is 3.87. The minimum absolute atomic E-state index is 0.323. The summed E-state index contributed by atoms with van der Waals surface area (Å²) >= 11 is 1.52. The van der Waals surface area contributed by atoms with E-state index in [1.54, 1.807) is 32.4 Å². The Hall–Kier alpha value is -2.86. The Morgan fingerprint density at radius 3 is 2.18 bits per heavy atom. The molecule has 0 N–H and O–H groups in total. The Balaban J connectivity index is 2.09. The summed E-state index contributed by atoms with van der Waals surface area (Å²) in [6, 6.07) is 13.5. The molecule has 0 spiro atoms. The van der Waals surface area contributed by atoms with Crippen molar-refractivity contribution < 1.29 is 14.3 Å². The van der Waals surface area contributed by atoms with Crippen LogP contribution in [0, 0.1) is 13.8 Å². The second kappa shape index (κ2) is 8.44. The first-order chi connectivity index (χ1) is 13.5. The van der Waals surface area contributed by atoms with Crippen LogP contribution in [0.3, 0.4) is 0 Å². The van der Waals surface area contributed by atoms with Gasteiger partial charge in [-0.05, 0) is 38.5 Å². The van der Waals surface area contributed by atoms with Crippen molar-refractivity contribution >= 4 is 17.2 Å². The van der Waals surface area contributed by atoms with Gasteiger partial charge in [0.15, 0.2) is 4.80 Å². The smallest absolute Gasteiger partial charge is 0.279 e. The van der Waals surface area contributed by atoms with Gasteiger partial charge in [-0.25, -0.2) is 0 Å². The number of benzene rings is 2. The lowest BCUT2D eigenvalue weighted by atomic mass is 10.1. The molecule has 5 nitrogen and oxygen atoms in total. The lowest BCUT2D eigenvalue weighted by Gasteiger charge is -2.08. The Morgan fingerprint density at radius 2 is 1.64 bits per heavy atom. The maximum absolute atomic E-state index is 12.8. The lowest BCUT2D eigenvalue weighted by Crippen LogP contribution is -2.17. The van der Waals surface area contributed by atoms with Crippen molar-refractivity contribution in [1.82, 2.24) is 4.57 Å². The number of carbonyl (C=O) groups is 1. The summed E-state index contributed by atoms with van der Waals surface area (Å²) in [5.74, 6) is 0.795. The monoisotopic (exact) mass is 396 g/mol. The van der Waals surface area contributed by atoms with Crippen molar-refractivity contribution in [3.8, 4) is 22.8 Å². The molecular formula is C22H24N2O3S. The van der Waals surface area contributed by atoms with Gasteiger partial charge in [-0.1, -0.05) is 29.8 Å². The topological polar surface area (TPSA) is 52.8 Å². The molecule has 146 valence electrons. The fraction of sp³-hybridized carbons (Fsp3) is 0.273. The van der Waals surface area contributed by atoms with E-state index in [2.05, 4.69) is 54.6 Å². The molecule has 28 heavy (non-hydrogen) atoms. The molecule has 2 aromatic carbocycles. The lowest BCUT2D eigenvalue weighted by molar-refractivity contribution is 0.0997. The predicted molar refractivity (Wildman–Crippen MR) is 112 cm³/mol. The predicted octanol–water partition coefficient (Wildman–Crippen LogP) is 4.61. The molecule has 1 amide bonds. The van der Waals surface area contributed by atoms with Gasteiger partial charge in [-0.15, -0.1) is 11.3 Å². The third kappa shape index (κ3) is 4.02. The number of nitrogens with zero attached hydrogens (tertiary/aromatic N) is 2. The number of rotatable bonds is 5. The fourth-order valence-electron chi connectivity index (χ4n) is 3.06. The Bertz CT molecular complexity index is 1040. The van der Waals surface area contributed by atoms with E-state index in [1.807, 2.05) is 0 Å². The van der Waals surface area contributed by atoms with Crippen molar-refractivity contribution in [2.24, 2.45) is 4.99 Å². The number of carbonyl (C=O) groups excluding carboxylic acids is 1. The largest absolute Gasteiger partial charge is 0.497 e. The third-order valence-electron chi connectivity index (χ3n) is 4.52. The average Bonchev–Trinajstić information content (AvgIpc) is 3.02. The number of hydrogen-bond acceptors (Lipinski definition) is 4. The van der Waals surface area contributed by atoms with Gasteiger partial charge in [0.05, 0.1) is 19.9 Å². The maximum atomic E-state index is 12.8. The van der Waals surface area contributed by atoms with Gasteiger partial charge in [-0.3, -0.25) is 4.79 Å². The van der Waals surface area contributed by atoms with Gasteiger partial charge in [0.2, 0.25) is 0 Å². The van der Waals surface area contributed by atoms with Crippen molar-refractivity contribution in [2.75, 3.05) is 14.2 Å². The van der Waals surface area contributed by atoms with Crippen molar-refractivity contribution in [3.05, 3.63) is 63.3 Å². The van der Waals surface area contributed by atoms with Gasteiger partial charge in [0, 0.05) is 23.1 Å². The van der Waals surface area contributed by atoms with Crippen LogP contribution >= 0.6 is 11.3 Å². The number of methoxy groups -OCH3 is 2. The molecular weight excluding hydrogens is 372 g/mol. The van der Waals surface area contributed by atoms with Gasteiger partial charge < -0.3 is 14.0 Å². The van der Waals surface area contributed by atoms with Gasteiger partial charge >= 0.3 is 0 Å². The van der Waals surface area contributed by atoms with Crippen molar-refractivity contribution in [2.45, 2.75) is 27.3 Å². The maximum Gasteiger partial charge on any atom is 0.279 e. The zero-order chi connectivity index (χ0) is 20.3. The summed E-state index contributed by atoms with van der Waals surface area (Å²) < 4.78 is 12.6. The zero-order valence-corrected chi connectivity index (χ0v) is 17.6. The van der Waals surface area contributed by atoms with Gasteiger partial charge in [-0.2, -0.15) is 4.99 Å². The van der Waals surface area contributed by atoms with E-state index in [4.69, 9.17) is 9.47 Å². The summed E-state index contributed by atoms with van der Waals surface area (Å²) in [7, 11) is 3.11. The van der Waals surface area contributed by atoms with Crippen LogP contribution in [0.4, 0.5) is 0 Å². The van der Waals surface area contributed by atoms with E-state index in [0.717, 1.165) is 22.7 Å². The molecule has 0 unspecified atom stereocenters. The number of aryl methyl sites for hydroxylation is 2. The molecule has 1 aromatic heterocycles. The van der Waals surface area contributed by atoms with Crippen LogP contribution in [-0.2, 0) is 6.54 Å². The fourth-order valence-corrected chi connectivity index (χ4v) is 4.11. The summed E-state index contributed by atoms with van der Waals surface area (Å²) in [6.07, 6.45) is 0. The molecule has 0 bridgehead atoms. The van der Waals surface area contributed by atoms with E-state index in [1.165, 1.54) is 16.9 Å². The zero-order valence-electron chi connectivity index (χ0n) is 16.8. The highest BCUT2D eigenvalue weighted by Crippen LogP contribution is 2.26. The second-order valence-corrected chi connectivity index (χ2v) is 7.60. The number of amides is 1. The van der Waals surface area contributed by atoms with Crippen molar-refractivity contribution in [1.29, 1.82) is 0 Å². The highest BCUT2D eigenvalue weighted by Gasteiger charge is 2.14. The third-order valence-corrected chi connectivity index (χ3v) is 5.51. The second-order valence-electron chi connectivity index (χ2n) is 6.42. The number of hydrogen-bond donors (Lipinski definition) is 0. The van der Waals surface area contributed by atoms with Crippen LogP contribution in [0.1, 0.15) is 27.7 Å². The normalized spacial score (nSPS) is 11.5. The van der Waals surface area contributed by atoms with Gasteiger partial charge in [0.1, 0.15) is 11.5 Å². The molecule has 0 atom stereocenters. The standard InChI is InChI=1S/C22H24N2O3S/c1-6-24-20(16-9-7-14(2)8-10-16)15(3)28-22(24)23-21(25)17-11-18(26-4)13-19(12-17)27-5/h7-13H,6H2,1-5H3. The molecule has 3 aromatic rings. The first-order valence-electron chi connectivity index (χ1n) is 9.06. The molecule has 3 rings (SSSR count). The minimum Gasteiger partial charge on any atom is -0.497 e. The van der Waals surface area contributed by atoms with E-state index < -0.39 is 0 Å². The number of aromatic nitrogens is 1. The summed E-state index contributed by atoms with van der Waals surface area (Å²) in [6.45, 7) is 6.91. The first kappa shape index (κ1) is 19.9. The first-order valence-corrected chi connectivity index (χ1v) is 9.87. The quantitative estimate of drug-likeness (QED) is 0.633. The molecule has 0 fully saturated rings. The SMILES string of the molecule is CCn1c(-c2ccc(C)cc2)c(C)sc1=NC(=O)c1cc(OC)cc(OC)c1. The molecule has 0 radical (unpaired) electrons. The Kier molecular flexibility index (Phi) is 5.99. The van der Waals surface area contributed by atoms with Crippen LogP contribution in [0.5, 0.6) is 11.5 Å². The summed E-state index contributed by atoms with van der Waals surface area (Å²) in [4.78, 5) is 19.1. The number of thiazole rings is 1. The highest BCUT2D eigenvalue weighted by molar-refractivity contribution is 7.09. The molecule has 0 saturated heterocycles. The van der Waals surface area contributed by atoms with E-state index in [-0.39, 0.29) is 5.91 Å². The minimum atomic E-state index is -0.323. The van der Waals surface area contributed by atoms with Crippen LogP contribution in [-0.4, -0.2) is 24.7 Å². The van der Waals surface area contributed by atoms with E-state index in [9.17, 15) is 4.79 Å². The molecule has 0 aliphatic heterocycles. The highest BCUT2D eigenvalue weighted by atomic mass is 32.1. The molecule has 0 aliphatic carbocycles. The summed E-state index contributed by atoms with van der Waals surface area (Å²) in [5, 5.41) is 0.